The second kappa shape index (κ2) is 23.6. The standard InChI is InChI=1S/C29H35N3O9.C28H33N3O9/c1-8-16-14-29(16,26(35)39-7)31-24(33)22-12-18(15-32(22)27(36)41-28(2,3)4)40-23-13-21(25(34)38-6)30-20-11-17(37-5)9-10-19(20)23;1-7-15-13-28(15,25(35)38-6)30-23(32)21-11-17(14-31(21)26(36)40-27(2,3)4)39-22-12-20(24(33)34)29-19-10-16(37-5)8-9-18(19)22/h8-11,13,16,18,22H,1,12,14-15H2,2-7H3,(H,31,33);7-10,12,15,17,21H,1,11,13-14H2,2-6H3,(H,30,32)(H,33,34)/t16-,18+,22?,29+;15-,17+,21?,28+/m00/s1. The number of aromatic nitrogens is 2. The summed E-state index contributed by atoms with van der Waals surface area (Å²) in [6, 6.07) is 10.8. The number of rotatable bonds is 16. The predicted molar refractivity (Wildman–Crippen MR) is 289 cm³/mol. The minimum Gasteiger partial charge on any atom is -0.497 e. The molecular formula is C57H68N6O18. The Morgan fingerprint density at radius 1 is 0.605 bits per heavy atom. The number of pyridine rings is 2. The number of fused-ring (bicyclic) bond motifs is 2. The van der Waals surface area contributed by atoms with Gasteiger partial charge >= 0.3 is 36.1 Å². The second-order valence-corrected chi connectivity index (χ2v) is 21.8. The number of ether oxygens (including phenoxy) is 9. The number of aromatic carboxylic acids is 1. The van der Waals surface area contributed by atoms with Crippen LogP contribution in [0.2, 0.25) is 0 Å². The number of esters is 3. The van der Waals surface area contributed by atoms with Crippen LogP contribution in [-0.4, -0.2) is 168 Å². The average Bonchev–Trinajstić information content (AvgIpc) is 4.20. The van der Waals surface area contributed by atoms with Crippen LogP contribution in [0.5, 0.6) is 23.0 Å². The van der Waals surface area contributed by atoms with Crippen molar-refractivity contribution in [3.05, 3.63) is 85.2 Å². The zero-order valence-electron chi connectivity index (χ0n) is 47.1. The van der Waals surface area contributed by atoms with E-state index in [-0.39, 0.29) is 54.9 Å². The first-order valence-corrected chi connectivity index (χ1v) is 25.8. The number of nitrogens with one attached hydrogen (secondary N) is 2. The highest BCUT2D eigenvalue weighted by atomic mass is 16.6. The molecule has 24 nitrogen and oxygen atoms in total. The van der Waals surface area contributed by atoms with Gasteiger partial charge in [0.1, 0.15) is 69.6 Å². The lowest BCUT2D eigenvalue weighted by atomic mass is 10.1. The smallest absolute Gasteiger partial charge is 0.411 e. The van der Waals surface area contributed by atoms with Gasteiger partial charge in [-0.05, 0) is 78.6 Å². The molecule has 2 aliphatic carbocycles. The largest absolute Gasteiger partial charge is 0.497 e. The number of carbonyl (C=O) groups is 8. The lowest BCUT2D eigenvalue weighted by Crippen LogP contribution is -2.53. The highest BCUT2D eigenvalue weighted by Crippen LogP contribution is 2.47. The van der Waals surface area contributed by atoms with Crippen LogP contribution in [0, 0.1) is 11.8 Å². The van der Waals surface area contributed by atoms with Crippen molar-refractivity contribution >= 4 is 69.7 Å². The van der Waals surface area contributed by atoms with Crippen molar-refractivity contribution in [1.82, 2.24) is 30.4 Å². The summed E-state index contributed by atoms with van der Waals surface area (Å²) in [6.45, 7) is 17.7. The zero-order chi connectivity index (χ0) is 59.5. The van der Waals surface area contributed by atoms with E-state index in [1.165, 1.54) is 57.5 Å². The van der Waals surface area contributed by atoms with Gasteiger partial charge in [0.25, 0.3) is 0 Å². The average molecular weight is 1130 g/mol. The summed E-state index contributed by atoms with van der Waals surface area (Å²) in [5.74, 6) is -3.24. The third-order valence-electron chi connectivity index (χ3n) is 13.9. The van der Waals surface area contributed by atoms with E-state index in [1.807, 2.05) is 0 Å². The lowest BCUT2D eigenvalue weighted by molar-refractivity contribution is -0.147. The number of methoxy groups -OCH3 is 5. The minimum absolute atomic E-state index is 0.0106. The van der Waals surface area contributed by atoms with Crippen molar-refractivity contribution in [3.63, 3.8) is 0 Å². The molecule has 2 unspecified atom stereocenters. The number of benzene rings is 2. The molecule has 81 heavy (non-hydrogen) atoms. The van der Waals surface area contributed by atoms with Gasteiger partial charge in [-0.25, -0.2) is 38.7 Å². The highest BCUT2D eigenvalue weighted by molar-refractivity contribution is 5.98. The minimum atomic E-state index is -1.25. The Bertz CT molecular complexity index is 3170. The fourth-order valence-corrected chi connectivity index (χ4v) is 9.76. The Hall–Kier alpha value is -8.70. The van der Waals surface area contributed by atoms with Gasteiger partial charge in [0, 0.05) is 59.7 Å². The van der Waals surface area contributed by atoms with Crippen LogP contribution >= 0.6 is 0 Å². The molecule has 4 aromatic rings. The molecule has 2 saturated heterocycles. The summed E-state index contributed by atoms with van der Waals surface area (Å²) in [5.41, 5.74) is -3.57. The van der Waals surface area contributed by atoms with E-state index in [2.05, 4.69) is 33.8 Å². The summed E-state index contributed by atoms with van der Waals surface area (Å²) < 4.78 is 48.9. The molecule has 2 aliphatic heterocycles. The van der Waals surface area contributed by atoms with E-state index in [0.717, 1.165) is 0 Å². The first-order valence-electron chi connectivity index (χ1n) is 25.8. The number of carboxylic acids is 1. The molecule has 2 aromatic carbocycles. The summed E-state index contributed by atoms with van der Waals surface area (Å²) in [7, 11) is 6.73. The zero-order valence-corrected chi connectivity index (χ0v) is 47.1. The molecule has 2 aromatic heterocycles. The monoisotopic (exact) mass is 1120 g/mol. The molecule has 4 aliphatic rings. The van der Waals surface area contributed by atoms with Crippen LogP contribution in [0.25, 0.3) is 21.8 Å². The van der Waals surface area contributed by atoms with Gasteiger partial charge in [-0.2, -0.15) is 0 Å². The first-order chi connectivity index (χ1) is 38.2. The van der Waals surface area contributed by atoms with E-state index < -0.39 is 94.4 Å². The van der Waals surface area contributed by atoms with Gasteiger partial charge in [0.05, 0.1) is 59.7 Å². The van der Waals surface area contributed by atoms with Crippen LogP contribution < -0.4 is 29.6 Å². The quantitative estimate of drug-likeness (QED) is 0.0663. The van der Waals surface area contributed by atoms with Crippen LogP contribution in [0.15, 0.2) is 73.8 Å². The number of hydrogen-bond donors (Lipinski definition) is 3. The maximum atomic E-state index is 13.6. The van der Waals surface area contributed by atoms with Gasteiger partial charge < -0.3 is 58.4 Å². The number of carboxylic acid groups (broad SMARTS) is 1. The molecule has 2 saturated carbocycles. The molecule has 8 atom stereocenters. The van der Waals surface area contributed by atoms with Crippen LogP contribution in [-0.2, 0) is 42.9 Å². The molecule has 434 valence electrons. The summed E-state index contributed by atoms with van der Waals surface area (Å²) in [5, 5.41) is 16.3. The molecular weight excluding hydrogens is 1060 g/mol. The second-order valence-electron chi connectivity index (χ2n) is 21.8. The summed E-state index contributed by atoms with van der Waals surface area (Å²) in [4.78, 5) is 114. The van der Waals surface area contributed by atoms with Crippen molar-refractivity contribution in [3.8, 4) is 23.0 Å². The SMILES string of the molecule is C=C[C@H]1C[C@]1(NC(=O)C1C[C@@H](Oc2cc(C(=O)O)nc3cc(OC)ccc23)CN1C(=O)OC(C)(C)C)C(=O)OC.C=C[C@H]1C[C@]1(NC(=O)C1C[C@@H](Oc2cc(C(=O)OC)nc3cc(OC)ccc23)CN1C(=O)OC(C)(C)C)C(=O)OC. The Balaban J connectivity index is 0.000000234. The first kappa shape index (κ1) is 60.0. The van der Waals surface area contributed by atoms with Crippen molar-refractivity contribution in [1.29, 1.82) is 0 Å². The predicted octanol–water partition coefficient (Wildman–Crippen LogP) is 5.95. The van der Waals surface area contributed by atoms with Crippen molar-refractivity contribution < 1.29 is 86.1 Å². The maximum Gasteiger partial charge on any atom is 0.411 e. The van der Waals surface area contributed by atoms with Crippen LogP contribution in [0.3, 0.4) is 0 Å². The van der Waals surface area contributed by atoms with E-state index in [0.29, 0.717) is 51.9 Å². The van der Waals surface area contributed by atoms with Crippen LogP contribution in [0.4, 0.5) is 9.59 Å². The molecule has 3 N–H and O–H groups in total. The van der Waals surface area contributed by atoms with E-state index in [9.17, 15) is 43.5 Å². The maximum absolute atomic E-state index is 13.6. The van der Waals surface area contributed by atoms with Gasteiger partial charge in [-0.15, -0.1) is 13.2 Å². The number of nitrogens with zero attached hydrogens (tertiary/aromatic N) is 4. The van der Waals surface area contributed by atoms with Gasteiger partial charge in [-0.3, -0.25) is 19.4 Å². The van der Waals surface area contributed by atoms with Crippen molar-refractivity contribution in [2.45, 2.75) is 114 Å². The molecule has 24 heteroatoms. The Morgan fingerprint density at radius 3 is 1.33 bits per heavy atom. The van der Waals surface area contributed by atoms with E-state index >= 15 is 0 Å². The van der Waals surface area contributed by atoms with Crippen LogP contribution in [0.1, 0.15) is 88.2 Å². The molecule has 4 fully saturated rings. The molecule has 0 spiro atoms. The Labute approximate surface area is 467 Å². The fourth-order valence-electron chi connectivity index (χ4n) is 9.76. The summed E-state index contributed by atoms with van der Waals surface area (Å²) in [6.07, 6.45) is 1.19. The number of amides is 4. The highest BCUT2D eigenvalue weighted by Gasteiger charge is 2.63. The third-order valence-corrected chi connectivity index (χ3v) is 13.9. The number of likely N-dealkylation sites (tertiary alicyclic amines) is 2. The normalized spacial score (nSPS) is 23.5. The number of hydrogen-bond acceptors (Lipinski definition) is 19. The van der Waals surface area contributed by atoms with E-state index in [4.69, 9.17) is 42.6 Å². The van der Waals surface area contributed by atoms with E-state index in [1.54, 1.807) is 90.1 Å². The Morgan fingerprint density at radius 2 is 1.00 bits per heavy atom. The topological polar surface area (TPSA) is 296 Å². The summed E-state index contributed by atoms with van der Waals surface area (Å²) >= 11 is 0. The molecule has 8 rings (SSSR count). The molecule has 0 radical (unpaired) electrons. The molecule has 4 heterocycles. The Kier molecular flexibility index (Phi) is 17.4. The van der Waals surface area contributed by atoms with Gasteiger partial charge in [-0.1, -0.05) is 12.2 Å². The lowest BCUT2D eigenvalue weighted by Gasteiger charge is -2.28. The van der Waals surface area contributed by atoms with Crippen molar-refractivity contribution in [2.24, 2.45) is 11.8 Å². The third kappa shape index (κ3) is 13.2. The molecule has 0 bridgehead atoms. The van der Waals surface area contributed by atoms with Crippen molar-refractivity contribution in [2.75, 3.05) is 48.6 Å². The number of carbonyl (C=O) groups excluding carboxylic acids is 7. The van der Waals surface area contributed by atoms with Gasteiger partial charge in [0.15, 0.2) is 11.4 Å². The fraction of sp³-hybridized carbons (Fsp3) is 0.474. The molecule has 4 amide bonds. The van der Waals surface area contributed by atoms with Gasteiger partial charge in [0.2, 0.25) is 11.8 Å².